The predicted molar refractivity (Wildman–Crippen MR) is 89.3 cm³/mol. The number of sulfone groups is 1. The minimum Gasteiger partial charge on any atom is -0.372 e. The van der Waals surface area contributed by atoms with E-state index in [0.717, 1.165) is 18.7 Å². The van der Waals surface area contributed by atoms with Crippen LogP contribution in [0.5, 0.6) is 0 Å². The molecule has 0 saturated carbocycles. The van der Waals surface area contributed by atoms with Crippen molar-refractivity contribution in [1.82, 2.24) is 0 Å². The molecule has 5 heteroatoms. The summed E-state index contributed by atoms with van der Waals surface area (Å²) in [4.78, 5) is 6.80. The van der Waals surface area contributed by atoms with Crippen LogP contribution in [-0.4, -0.2) is 44.8 Å². The average Bonchev–Trinajstić information content (AvgIpc) is 2.74. The molecule has 1 fully saturated rings. The second-order valence-electron chi connectivity index (χ2n) is 5.86. The lowest BCUT2D eigenvalue weighted by molar-refractivity contribution is 0.536. The normalized spacial score (nSPS) is 24.5. The van der Waals surface area contributed by atoms with E-state index < -0.39 is 15.4 Å². The van der Waals surface area contributed by atoms with Crippen LogP contribution in [0.3, 0.4) is 0 Å². The van der Waals surface area contributed by atoms with Crippen molar-refractivity contribution in [3.8, 4) is 0 Å². The zero-order chi connectivity index (χ0) is 15.5. The van der Waals surface area contributed by atoms with E-state index in [-0.39, 0.29) is 11.5 Å². The molecular weight excluding hydrogens is 284 g/mol. The first-order valence-electron chi connectivity index (χ1n) is 7.48. The lowest BCUT2D eigenvalue weighted by atomic mass is 10.0. The Morgan fingerprint density at radius 1 is 1.24 bits per heavy atom. The van der Waals surface area contributed by atoms with E-state index >= 15 is 0 Å². The van der Waals surface area contributed by atoms with E-state index in [9.17, 15) is 8.42 Å². The molecule has 0 amide bonds. The summed E-state index contributed by atoms with van der Waals surface area (Å²) >= 11 is 0. The van der Waals surface area contributed by atoms with Gasteiger partial charge in [-0.05, 0) is 44.9 Å². The number of hydrogen-bond acceptors (Lipinski definition) is 4. The Bertz CT molecular complexity index is 604. The summed E-state index contributed by atoms with van der Waals surface area (Å²) in [6.45, 7) is 8.17. The van der Waals surface area contributed by atoms with Crippen LogP contribution in [-0.2, 0) is 9.84 Å². The Labute approximate surface area is 127 Å². The smallest absolute Gasteiger partial charge is 0.152 e. The molecule has 1 heterocycles. The Kier molecular flexibility index (Phi) is 4.71. The van der Waals surface area contributed by atoms with Crippen molar-refractivity contribution in [2.75, 3.05) is 29.5 Å². The second kappa shape index (κ2) is 6.18. The molecule has 0 bridgehead atoms. The minimum absolute atomic E-state index is 0.161. The number of benzene rings is 1. The SMILES string of the molecule is CCN(CC)c1ccc(C=N[C@]2(C)CCS(=O)(=O)C2)cc1. The first-order valence-corrected chi connectivity index (χ1v) is 9.30. The van der Waals surface area contributed by atoms with Gasteiger partial charge < -0.3 is 4.90 Å². The molecule has 0 aromatic heterocycles. The van der Waals surface area contributed by atoms with Crippen LogP contribution >= 0.6 is 0 Å². The molecule has 2 rings (SSSR count). The van der Waals surface area contributed by atoms with Gasteiger partial charge in [-0.15, -0.1) is 0 Å². The number of aliphatic imine (C=N–C) groups is 1. The van der Waals surface area contributed by atoms with Gasteiger partial charge in [-0.1, -0.05) is 12.1 Å². The van der Waals surface area contributed by atoms with E-state index in [1.807, 2.05) is 19.1 Å². The van der Waals surface area contributed by atoms with Crippen molar-refractivity contribution in [3.05, 3.63) is 29.8 Å². The van der Waals surface area contributed by atoms with Gasteiger partial charge in [-0.2, -0.15) is 0 Å². The van der Waals surface area contributed by atoms with E-state index in [0.29, 0.717) is 6.42 Å². The van der Waals surface area contributed by atoms with Crippen LogP contribution in [0.25, 0.3) is 0 Å². The highest BCUT2D eigenvalue weighted by atomic mass is 32.2. The summed E-state index contributed by atoms with van der Waals surface area (Å²) in [5.41, 5.74) is 1.75. The van der Waals surface area contributed by atoms with Crippen molar-refractivity contribution < 1.29 is 8.42 Å². The maximum Gasteiger partial charge on any atom is 0.152 e. The van der Waals surface area contributed by atoms with Crippen molar-refractivity contribution >= 4 is 21.7 Å². The van der Waals surface area contributed by atoms with Crippen LogP contribution in [0.1, 0.15) is 32.8 Å². The van der Waals surface area contributed by atoms with E-state index in [1.54, 1.807) is 6.21 Å². The molecule has 1 aliphatic rings. The molecule has 0 aliphatic carbocycles. The van der Waals surface area contributed by atoms with Gasteiger partial charge in [0.15, 0.2) is 9.84 Å². The van der Waals surface area contributed by atoms with Crippen LogP contribution in [0.4, 0.5) is 5.69 Å². The van der Waals surface area contributed by atoms with Crippen LogP contribution in [0.15, 0.2) is 29.3 Å². The second-order valence-corrected chi connectivity index (χ2v) is 8.05. The number of hydrogen-bond donors (Lipinski definition) is 0. The summed E-state index contributed by atoms with van der Waals surface area (Å²) < 4.78 is 23.1. The zero-order valence-electron chi connectivity index (χ0n) is 13.0. The van der Waals surface area contributed by atoms with Gasteiger partial charge in [0.1, 0.15) is 0 Å². The zero-order valence-corrected chi connectivity index (χ0v) is 13.9. The molecule has 0 unspecified atom stereocenters. The first kappa shape index (κ1) is 16.0. The Balaban J connectivity index is 2.08. The Morgan fingerprint density at radius 3 is 2.33 bits per heavy atom. The lowest BCUT2D eigenvalue weighted by Gasteiger charge is -2.21. The first-order chi connectivity index (χ1) is 9.87. The Hall–Kier alpha value is -1.36. The molecule has 1 atom stereocenters. The van der Waals surface area contributed by atoms with Crippen molar-refractivity contribution in [2.24, 2.45) is 4.99 Å². The highest BCUT2D eigenvalue weighted by Gasteiger charge is 2.37. The van der Waals surface area contributed by atoms with Crippen LogP contribution < -0.4 is 4.90 Å². The predicted octanol–water partition coefficient (Wildman–Crippen LogP) is 2.53. The molecular formula is C16H24N2O2S. The number of rotatable bonds is 5. The van der Waals surface area contributed by atoms with Gasteiger partial charge in [0.05, 0.1) is 17.0 Å². The third-order valence-electron chi connectivity index (χ3n) is 4.03. The van der Waals surface area contributed by atoms with Gasteiger partial charge >= 0.3 is 0 Å². The van der Waals surface area contributed by atoms with Crippen LogP contribution in [0.2, 0.25) is 0 Å². The third kappa shape index (κ3) is 4.06. The van der Waals surface area contributed by atoms with Gasteiger partial charge in [0.25, 0.3) is 0 Å². The summed E-state index contributed by atoms with van der Waals surface area (Å²) in [5, 5.41) is 0. The van der Waals surface area contributed by atoms with Gasteiger partial charge in [-0.25, -0.2) is 8.42 Å². The third-order valence-corrected chi connectivity index (χ3v) is 5.92. The summed E-state index contributed by atoms with van der Waals surface area (Å²) in [7, 11) is -2.90. The van der Waals surface area contributed by atoms with Gasteiger partial charge in [-0.3, -0.25) is 4.99 Å². The largest absolute Gasteiger partial charge is 0.372 e. The van der Waals surface area contributed by atoms with E-state index in [1.165, 1.54) is 5.69 Å². The van der Waals surface area contributed by atoms with Crippen molar-refractivity contribution in [3.63, 3.8) is 0 Å². The summed E-state index contributed by atoms with van der Waals surface area (Å²) in [5.74, 6) is 0.412. The highest BCUT2D eigenvalue weighted by Crippen LogP contribution is 2.26. The fraction of sp³-hybridized carbons (Fsp3) is 0.562. The monoisotopic (exact) mass is 308 g/mol. The van der Waals surface area contributed by atoms with Gasteiger partial charge in [0, 0.05) is 25.0 Å². The highest BCUT2D eigenvalue weighted by molar-refractivity contribution is 7.91. The quantitative estimate of drug-likeness (QED) is 0.785. The molecule has 0 N–H and O–H groups in total. The molecule has 1 aromatic carbocycles. The molecule has 4 nitrogen and oxygen atoms in total. The molecule has 1 aliphatic heterocycles. The van der Waals surface area contributed by atoms with Gasteiger partial charge in [0.2, 0.25) is 0 Å². The molecule has 0 radical (unpaired) electrons. The fourth-order valence-electron chi connectivity index (χ4n) is 2.69. The van der Waals surface area contributed by atoms with Crippen LogP contribution in [0, 0.1) is 0 Å². The number of nitrogens with zero attached hydrogens (tertiary/aromatic N) is 2. The number of anilines is 1. The molecule has 0 spiro atoms. The van der Waals surface area contributed by atoms with E-state index in [2.05, 4.69) is 35.9 Å². The molecule has 1 saturated heterocycles. The molecule has 1 aromatic rings. The standard InChI is InChI=1S/C16H24N2O2S/c1-4-18(5-2)15-8-6-14(7-9-15)12-17-16(3)10-11-21(19,20)13-16/h6-9,12H,4-5,10-11,13H2,1-3H3/t16-/m1/s1. The summed E-state index contributed by atoms with van der Waals surface area (Å²) in [6, 6.07) is 8.23. The molecule has 21 heavy (non-hydrogen) atoms. The van der Waals surface area contributed by atoms with Crippen molar-refractivity contribution in [1.29, 1.82) is 0 Å². The van der Waals surface area contributed by atoms with E-state index in [4.69, 9.17) is 0 Å². The maximum atomic E-state index is 11.6. The Morgan fingerprint density at radius 2 is 1.86 bits per heavy atom. The summed E-state index contributed by atoms with van der Waals surface area (Å²) in [6.07, 6.45) is 2.41. The topological polar surface area (TPSA) is 49.7 Å². The fourth-order valence-corrected chi connectivity index (χ4v) is 4.75. The van der Waals surface area contributed by atoms with Crippen molar-refractivity contribution in [2.45, 2.75) is 32.7 Å². The molecule has 116 valence electrons. The maximum absolute atomic E-state index is 11.6. The minimum atomic E-state index is -2.90. The lowest BCUT2D eigenvalue weighted by Crippen LogP contribution is -2.23. The average molecular weight is 308 g/mol.